The third-order valence-electron chi connectivity index (χ3n) is 6.47. The van der Waals surface area contributed by atoms with Crippen molar-refractivity contribution in [1.29, 1.82) is 0 Å². The van der Waals surface area contributed by atoms with Crippen molar-refractivity contribution in [2.24, 2.45) is 0 Å². The predicted octanol–water partition coefficient (Wildman–Crippen LogP) is 5.33. The van der Waals surface area contributed by atoms with Gasteiger partial charge in [0.15, 0.2) is 0 Å². The van der Waals surface area contributed by atoms with Gasteiger partial charge in [0.2, 0.25) is 0 Å². The quantitative estimate of drug-likeness (QED) is 0.472. The molecule has 0 amide bonds. The second-order valence-corrected chi connectivity index (χ2v) is 9.14. The van der Waals surface area contributed by atoms with Crippen molar-refractivity contribution in [3.8, 4) is 11.4 Å². The summed E-state index contributed by atoms with van der Waals surface area (Å²) in [4.78, 5) is 20.7. The van der Waals surface area contributed by atoms with Crippen LogP contribution in [-0.4, -0.2) is 36.4 Å². The van der Waals surface area contributed by atoms with Gasteiger partial charge in [-0.05, 0) is 49.6 Å². The number of ether oxygens (including phenoxy) is 1. The monoisotopic (exact) mass is 480 g/mol. The van der Waals surface area contributed by atoms with Gasteiger partial charge in [-0.3, -0.25) is 9.36 Å². The average Bonchev–Trinajstić information content (AvgIpc) is 3.17. The van der Waals surface area contributed by atoms with Gasteiger partial charge < -0.3 is 15.0 Å². The summed E-state index contributed by atoms with van der Waals surface area (Å²) in [5.41, 5.74) is 5.37. The fraction of sp³-hybridized carbons (Fsp3) is 0.407. The van der Waals surface area contributed by atoms with E-state index < -0.39 is 0 Å². The summed E-state index contributed by atoms with van der Waals surface area (Å²) >= 11 is 6.66. The van der Waals surface area contributed by atoms with Gasteiger partial charge >= 0.3 is 0 Å². The molecule has 0 spiro atoms. The molecule has 0 aliphatic heterocycles. The first kappa shape index (κ1) is 24.3. The largest absolute Gasteiger partial charge is 0.378 e. The van der Waals surface area contributed by atoms with Crippen molar-refractivity contribution < 1.29 is 4.74 Å². The minimum absolute atomic E-state index is 0.0331. The summed E-state index contributed by atoms with van der Waals surface area (Å²) < 4.78 is 7.77. The Kier molecular flexibility index (Phi) is 7.29. The second-order valence-electron chi connectivity index (χ2n) is 8.74. The number of rotatable bonds is 8. The Hall–Kier alpha value is -2.83. The van der Waals surface area contributed by atoms with E-state index in [-0.39, 0.29) is 17.7 Å². The highest BCUT2D eigenvalue weighted by Gasteiger charge is 2.34. The van der Waals surface area contributed by atoms with Gasteiger partial charge in [-0.2, -0.15) is 0 Å². The topological polar surface area (TPSA) is 59.4 Å². The third kappa shape index (κ3) is 4.44. The van der Waals surface area contributed by atoms with Gasteiger partial charge in [0.25, 0.3) is 5.56 Å². The maximum atomic E-state index is 13.8. The van der Waals surface area contributed by atoms with E-state index in [4.69, 9.17) is 21.3 Å². The summed E-state index contributed by atoms with van der Waals surface area (Å²) in [6.45, 7) is 7.09. The fourth-order valence-corrected chi connectivity index (χ4v) is 4.98. The summed E-state index contributed by atoms with van der Waals surface area (Å²) in [5, 5.41) is 4.12. The average molecular weight is 481 g/mol. The zero-order valence-corrected chi connectivity index (χ0v) is 21.3. The van der Waals surface area contributed by atoms with E-state index in [1.165, 1.54) is 11.1 Å². The second kappa shape index (κ2) is 10.2. The number of halogens is 1. The Morgan fingerprint density at radius 2 is 1.94 bits per heavy atom. The summed E-state index contributed by atoms with van der Waals surface area (Å²) in [6, 6.07) is 14.1. The highest BCUT2D eigenvalue weighted by Crippen LogP contribution is 2.36. The van der Waals surface area contributed by atoms with Crippen LogP contribution in [0.15, 0.2) is 47.3 Å². The number of nitrogens with zero attached hydrogens (tertiary/aromatic N) is 3. The van der Waals surface area contributed by atoms with Crippen LogP contribution in [0, 0.1) is 0 Å². The number of benzene rings is 2. The zero-order chi connectivity index (χ0) is 24.4. The van der Waals surface area contributed by atoms with Crippen molar-refractivity contribution in [1.82, 2.24) is 9.55 Å². The minimum Gasteiger partial charge on any atom is -0.378 e. The number of anilines is 2. The Morgan fingerprint density at radius 1 is 1.18 bits per heavy atom. The normalized spacial score (nSPS) is 17.0. The number of hydrogen-bond acceptors (Lipinski definition) is 5. The molecule has 6 nitrogen and oxygen atoms in total. The number of aromatic nitrogens is 2. The molecule has 7 heteroatoms. The van der Waals surface area contributed by atoms with Gasteiger partial charge in [0.05, 0.1) is 22.9 Å². The van der Waals surface area contributed by atoms with Crippen molar-refractivity contribution in [3.05, 3.63) is 74.7 Å². The molecule has 0 fully saturated rings. The lowest BCUT2D eigenvalue weighted by Gasteiger charge is -2.25. The fourth-order valence-electron chi connectivity index (χ4n) is 4.72. The molecule has 3 aromatic rings. The Balaban J connectivity index is 1.81. The predicted molar refractivity (Wildman–Crippen MR) is 140 cm³/mol. The lowest BCUT2D eigenvalue weighted by Crippen LogP contribution is -2.32. The summed E-state index contributed by atoms with van der Waals surface area (Å²) in [5.74, 6) is 0.596. The zero-order valence-electron chi connectivity index (χ0n) is 20.6. The molecule has 1 heterocycles. The van der Waals surface area contributed by atoms with Crippen LogP contribution in [0.2, 0.25) is 5.02 Å². The summed E-state index contributed by atoms with van der Waals surface area (Å²) in [6.07, 6.45) is 1.41. The lowest BCUT2D eigenvalue weighted by molar-refractivity contribution is 0.0574. The minimum atomic E-state index is -0.102. The molecule has 0 bridgehead atoms. The molecule has 2 aromatic carbocycles. The number of fused-ring (bicyclic) bond motifs is 1. The van der Waals surface area contributed by atoms with E-state index in [0.29, 0.717) is 36.1 Å². The standard InChI is InChI=1S/C27H33ClN4O2/c1-6-22-25(30-24-19-12-10-9-11-17(19)15-23(24)34-8-3)27(33)32(7-2)26(29-22)20-14-13-18(31(4)5)16-21(20)28/h9-14,16,23-24,30H,6-8,15H2,1-5H3. The van der Waals surface area contributed by atoms with Crippen LogP contribution in [0.3, 0.4) is 0 Å². The van der Waals surface area contributed by atoms with Crippen molar-refractivity contribution in [2.75, 3.05) is 30.9 Å². The molecule has 0 saturated heterocycles. The maximum Gasteiger partial charge on any atom is 0.277 e. The third-order valence-corrected chi connectivity index (χ3v) is 6.78. The molecule has 2 atom stereocenters. The molecule has 0 saturated carbocycles. The number of hydrogen-bond donors (Lipinski definition) is 1. The molecule has 2 unspecified atom stereocenters. The number of nitrogens with one attached hydrogen (secondary N) is 1. The Bertz CT molecular complexity index is 1240. The molecule has 0 radical (unpaired) electrons. The Labute approximate surface area is 206 Å². The molecule has 1 aromatic heterocycles. The van der Waals surface area contributed by atoms with Crippen molar-refractivity contribution in [3.63, 3.8) is 0 Å². The Morgan fingerprint density at radius 3 is 2.59 bits per heavy atom. The number of aryl methyl sites for hydroxylation is 1. The van der Waals surface area contributed by atoms with E-state index in [1.807, 2.05) is 70.1 Å². The van der Waals surface area contributed by atoms with E-state index in [9.17, 15) is 4.79 Å². The molecule has 1 N–H and O–H groups in total. The van der Waals surface area contributed by atoms with Gasteiger partial charge in [0.1, 0.15) is 11.5 Å². The summed E-state index contributed by atoms with van der Waals surface area (Å²) in [7, 11) is 3.94. The van der Waals surface area contributed by atoms with E-state index in [2.05, 4.69) is 17.4 Å². The van der Waals surface area contributed by atoms with E-state index in [1.54, 1.807) is 4.57 Å². The molecule has 1 aliphatic rings. The van der Waals surface area contributed by atoms with Crippen molar-refractivity contribution in [2.45, 2.75) is 52.3 Å². The SMILES string of the molecule is CCOC1Cc2ccccc2C1Nc1c(CC)nc(-c2ccc(N(C)C)cc2Cl)n(CC)c1=O. The molecule has 180 valence electrons. The molecule has 34 heavy (non-hydrogen) atoms. The van der Waals surface area contributed by atoms with Crippen LogP contribution in [0.25, 0.3) is 11.4 Å². The van der Waals surface area contributed by atoms with Crippen molar-refractivity contribution >= 4 is 23.0 Å². The molecular weight excluding hydrogens is 448 g/mol. The van der Waals surface area contributed by atoms with E-state index in [0.717, 1.165) is 23.4 Å². The van der Waals surface area contributed by atoms with Gasteiger partial charge in [-0.1, -0.05) is 42.8 Å². The maximum absolute atomic E-state index is 13.8. The van der Waals surface area contributed by atoms with Gasteiger partial charge in [0, 0.05) is 44.9 Å². The first-order valence-corrected chi connectivity index (χ1v) is 12.3. The van der Waals surface area contributed by atoms with Crippen LogP contribution < -0.4 is 15.8 Å². The molecule has 1 aliphatic carbocycles. The van der Waals surface area contributed by atoms with Crippen LogP contribution in [-0.2, 0) is 24.1 Å². The molecule has 4 rings (SSSR count). The smallest absolute Gasteiger partial charge is 0.277 e. The first-order valence-electron chi connectivity index (χ1n) is 12.0. The van der Waals surface area contributed by atoms with Crippen LogP contribution in [0.4, 0.5) is 11.4 Å². The van der Waals surface area contributed by atoms with Crippen LogP contribution >= 0.6 is 11.6 Å². The van der Waals surface area contributed by atoms with Gasteiger partial charge in [-0.15, -0.1) is 0 Å². The lowest BCUT2D eigenvalue weighted by atomic mass is 10.1. The highest BCUT2D eigenvalue weighted by molar-refractivity contribution is 6.33. The highest BCUT2D eigenvalue weighted by atomic mass is 35.5. The first-order chi connectivity index (χ1) is 16.4. The van der Waals surface area contributed by atoms with Gasteiger partial charge in [-0.25, -0.2) is 4.98 Å². The van der Waals surface area contributed by atoms with Crippen LogP contribution in [0.5, 0.6) is 0 Å². The molecular formula is C27H33ClN4O2. The van der Waals surface area contributed by atoms with E-state index >= 15 is 0 Å². The van der Waals surface area contributed by atoms with Crippen LogP contribution in [0.1, 0.15) is 43.6 Å².